The van der Waals surface area contributed by atoms with Gasteiger partial charge in [-0.2, -0.15) is 0 Å². The van der Waals surface area contributed by atoms with Crippen molar-refractivity contribution in [3.05, 3.63) is 47.5 Å². The van der Waals surface area contributed by atoms with E-state index in [1.807, 2.05) is 0 Å². The lowest BCUT2D eigenvalue weighted by Gasteiger charge is -2.09. The van der Waals surface area contributed by atoms with E-state index in [4.69, 9.17) is 9.47 Å². The van der Waals surface area contributed by atoms with E-state index in [1.54, 1.807) is 0 Å². The maximum Gasteiger partial charge on any atom is 0.119 e. The van der Waals surface area contributed by atoms with Crippen LogP contribution in [0.2, 0.25) is 0 Å². The Labute approximate surface area is 266 Å². The van der Waals surface area contributed by atoms with Crippen LogP contribution in [-0.2, 0) is 6.42 Å². The van der Waals surface area contributed by atoms with Gasteiger partial charge in [0.05, 0.1) is 13.2 Å². The smallest absolute Gasteiger partial charge is 0.119 e. The molecule has 0 saturated carbocycles. The Balaban J connectivity index is 1.20. The Morgan fingerprint density at radius 2 is 0.698 bits per heavy atom. The molecule has 2 aromatic carbocycles. The van der Waals surface area contributed by atoms with E-state index >= 15 is 0 Å². The number of hydrogen-bond acceptors (Lipinski definition) is 2. The highest BCUT2D eigenvalue weighted by molar-refractivity contribution is 5.78. The molecule has 2 heteroatoms. The molecular weight excluding hydrogens is 524 g/mol. The van der Waals surface area contributed by atoms with Crippen molar-refractivity contribution < 1.29 is 9.47 Å². The highest BCUT2D eigenvalue weighted by Crippen LogP contribution is 2.40. The van der Waals surface area contributed by atoms with Crippen LogP contribution in [0, 0.1) is 0 Å². The van der Waals surface area contributed by atoms with Crippen LogP contribution in [0.3, 0.4) is 0 Å². The van der Waals surface area contributed by atoms with Crippen LogP contribution in [-0.4, -0.2) is 13.2 Å². The first kappa shape index (κ1) is 35.5. The second-order valence-corrected chi connectivity index (χ2v) is 13.3. The van der Waals surface area contributed by atoms with E-state index in [0.717, 1.165) is 44.0 Å². The number of hydrogen-bond donors (Lipinski definition) is 0. The Morgan fingerprint density at radius 1 is 0.395 bits per heavy atom. The van der Waals surface area contributed by atoms with E-state index in [-0.39, 0.29) is 0 Å². The van der Waals surface area contributed by atoms with Crippen molar-refractivity contribution in [1.82, 2.24) is 0 Å². The third-order valence-electron chi connectivity index (χ3n) is 9.36. The van der Waals surface area contributed by atoms with Crippen molar-refractivity contribution in [3.8, 4) is 22.6 Å². The summed E-state index contributed by atoms with van der Waals surface area (Å²) in [5, 5.41) is 0. The summed E-state index contributed by atoms with van der Waals surface area (Å²) in [7, 11) is 0. The van der Waals surface area contributed by atoms with Crippen molar-refractivity contribution in [2.45, 2.75) is 174 Å². The molecule has 0 bridgehead atoms. The molecule has 0 amide bonds. The molecule has 0 radical (unpaired) electrons. The summed E-state index contributed by atoms with van der Waals surface area (Å²) in [6.07, 6.45) is 34.0. The molecule has 0 aliphatic heterocycles. The summed E-state index contributed by atoms with van der Waals surface area (Å²) in [4.78, 5) is 0. The number of fused-ring (bicyclic) bond motifs is 3. The lowest BCUT2D eigenvalue weighted by Crippen LogP contribution is -1.98. The van der Waals surface area contributed by atoms with Crippen molar-refractivity contribution in [1.29, 1.82) is 0 Å². The number of ether oxygens (including phenoxy) is 2. The van der Waals surface area contributed by atoms with Gasteiger partial charge in [0, 0.05) is 0 Å². The van der Waals surface area contributed by atoms with Gasteiger partial charge >= 0.3 is 0 Å². The average molecular weight is 591 g/mol. The highest BCUT2D eigenvalue weighted by atomic mass is 16.5. The number of unbranched alkanes of at least 4 members (excludes halogenated alkanes) is 22. The standard InChI is InChI=1S/C41H66O2/c1-3-5-7-9-11-13-15-17-19-21-23-25-31-42-38-27-29-40-36(34-38)33-37-35-39(28-30-41(37)40)43-32-26-24-22-20-18-16-14-12-10-8-6-4-2/h27-30,34-35H,3-26,31-33H2,1-2H3. The SMILES string of the molecule is CCCCCCCCCCCCCCOc1ccc2c(c1)Cc1cc(OCCCCCCCCCCCCCC)ccc1-2. The third kappa shape index (κ3) is 15.1. The van der Waals surface area contributed by atoms with Crippen LogP contribution in [0.5, 0.6) is 11.5 Å². The molecule has 2 nitrogen and oxygen atoms in total. The summed E-state index contributed by atoms with van der Waals surface area (Å²) >= 11 is 0. The summed E-state index contributed by atoms with van der Waals surface area (Å²) in [6.45, 7) is 6.25. The molecule has 0 spiro atoms. The van der Waals surface area contributed by atoms with E-state index in [9.17, 15) is 0 Å². The molecule has 0 saturated heterocycles. The van der Waals surface area contributed by atoms with Crippen molar-refractivity contribution in [2.24, 2.45) is 0 Å². The van der Waals surface area contributed by atoms with Crippen LogP contribution in [0.25, 0.3) is 11.1 Å². The van der Waals surface area contributed by atoms with Gasteiger partial charge in [-0.05, 0) is 65.8 Å². The van der Waals surface area contributed by atoms with Gasteiger partial charge in [-0.3, -0.25) is 0 Å². The minimum Gasteiger partial charge on any atom is -0.494 e. The first-order valence-corrected chi connectivity index (χ1v) is 18.8. The van der Waals surface area contributed by atoms with Crippen LogP contribution in [0.4, 0.5) is 0 Å². The molecule has 242 valence electrons. The van der Waals surface area contributed by atoms with Crippen LogP contribution < -0.4 is 9.47 Å². The van der Waals surface area contributed by atoms with E-state index < -0.39 is 0 Å². The molecular formula is C41H66O2. The summed E-state index contributed by atoms with van der Waals surface area (Å²) in [5.41, 5.74) is 5.50. The Kier molecular flexibility index (Phi) is 19.3. The Morgan fingerprint density at radius 3 is 1.02 bits per heavy atom. The zero-order valence-corrected chi connectivity index (χ0v) is 28.4. The molecule has 0 unspecified atom stereocenters. The third-order valence-corrected chi connectivity index (χ3v) is 9.36. The van der Waals surface area contributed by atoms with Crippen LogP contribution in [0.15, 0.2) is 36.4 Å². The molecule has 2 aromatic rings. The number of benzene rings is 2. The van der Waals surface area contributed by atoms with Gasteiger partial charge in [0.25, 0.3) is 0 Å². The predicted molar refractivity (Wildman–Crippen MR) is 188 cm³/mol. The molecule has 0 aromatic heterocycles. The molecule has 0 N–H and O–H groups in total. The topological polar surface area (TPSA) is 18.5 Å². The van der Waals surface area contributed by atoms with E-state index in [0.29, 0.717) is 0 Å². The first-order valence-electron chi connectivity index (χ1n) is 18.8. The van der Waals surface area contributed by atoms with Crippen molar-refractivity contribution in [2.75, 3.05) is 13.2 Å². The number of rotatable bonds is 28. The van der Waals surface area contributed by atoms with Gasteiger partial charge in [-0.1, -0.05) is 167 Å². The minimum atomic E-state index is 0.834. The Hall–Kier alpha value is -1.96. The van der Waals surface area contributed by atoms with Gasteiger partial charge < -0.3 is 9.47 Å². The largest absolute Gasteiger partial charge is 0.494 e. The van der Waals surface area contributed by atoms with Crippen LogP contribution >= 0.6 is 0 Å². The second-order valence-electron chi connectivity index (χ2n) is 13.3. The zero-order valence-electron chi connectivity index (χ0n) is 28.4. The average Bonchev–Trinajstić information content (AvgIpc) is 3.38. The predicted octanol–water partition coefficient (Wildman–Crippen LogP) is 13.4. The van der Waals surface area contributed by atoms with Crippen molar-refractivity contribution >= 4 is 0 Å². The van der Waals surface area contributed by atoms with E-state index in [1.165, 1.54) is 164 Å². The Bertz CT molecular complexity index is 887. The molecule has 0 heterocycles. The molecule has 0 atom stereocenters. The van der Waals surface area contributed by atoms with Gasteiger partial charge in [0.2, 0.25) is 0 Å². The first-order chi connectivity index (χ1) is 21.3. The lowest BCUT2D eigenvalue weighted by molar-refractivity contribution is 0.304. The highest BCUT2D eigenvalue weighted by Gasteiger charge is 2.19. The quantitative estimate of drug-likeness (QED) is 0.0783. The van der Waals surface area contributed by atoms with Gasteiger partial charge in [-0.25, -0.2) is 0 Å². The summed E-state index contributed by atoms with van der Waals surface area (Å²) in [6, 6.07) is 13.4. The van der Waals surface area contributed by atoms with Gasteiger partial charge in [0.15, 0.2) is 0 Å². The normalized spacial score (nSPS) is 12.0. The molecule has 0 fully saturated rings. The fourth-order valence-electron chi connectivity index (χ4n) is 6.61. The fourth-order valence-corrected chi connectivity index (χ4v) is 6.61. The zero-order chi connectivity index (χ0) is 30.2. The monoisotopic (exact) mass is 591 g/mol. The molecule has 3 rings (SSSR count). The maximum atomic E-state index is 6.15. The van der Waals surface area contributed by atoms with Gasteiger partial charge in [-0.15, -0.1) is 0 Å². The van der Waals surface area contributed by atoms with Crippen LogP contribution in [0.1, 0.15) is 179 Å². The lowest BCUT2D eigenvalue weighted by atomic mass is 10.1. The molecule has 1 aliphatic carbocycles. The minimum absolute atomic E-state index is 0.834. The maximum absolute atomic E-state index is 6.15. The van der Waals surface area contributed by atoms with E-state index in [2.05, 4.69) is 50.2 Å². The fraction of sp³-hybridized carbons (Fsp3) is 0.707. The van der Waals surface area contributed by atoms with Gasteiger partial charge in [0.1, 0.15) is 11.5 Å². The van der Waals surface area contributed by atoms with Crippen molar-refractivity contribution in [3.63, 3.8) is 0 Å². The molecule has 1 aliphatic rings. The summed E-state index contributed by atoms with van der Waals surface area (Å²) in [5.74, 6) is 2.05. The second kappa shape index (κ2) is 23.4. The summed E-state index contributed by atoms with van der Waals surface area (Å²) < 4.78 is 12.3. The molecule has 43 heavy (non-hydrogen) atoms.